The summed E-state index contributed by atoms with van der Waals surface area (Å²) >= 11 is 0. The van der Waals surface area contributed by atoms with Crippen molar-refractivity contribution in [2.24, 2.45) is 11.1 Å². The van der Waals surface area contributed by atoms with Crippen molar-refractivity contribution < 1.29 is 4.79 Å². The first kappa shape index (κ1) is 25.8. The SMILES string of the molecule is Cc1c(-c2ccccc2)c(-c2ccc(CN3CC4(C3)CN(c3ccnc(C#N)n3)C4)cc2)nc2cc(C(N)=O)ccc12. The summed E-state index contributed by atoms with van der Waals surface area (Å²) in [5.41, 5.74) is 13.6. The first-order valence-electron chi connectivity index (χ1n) is 14.0. The van der Waals surface area contributed by atoms with Crippen molar-refractivity contribution in [3.05, 3.63) is 108 Å². The second kappa shape index (κ2) is 10.1. The molecule has 0 bridgehead atoms. The van der Waals surface area contributed by atoms with E-state index in [-0.39, 0.29) is 5.82 Å². The molecular weight excluding hydrogens is 522 g/mol. The number of carbonyl (C=O) groups excluding carboxylic acids is 1. The highest BCUT2D eigenvalue weighted by molar-refractivity contribution is 6.00. The van der Waals surface area contributed by atoms with Gasteiger partial charge < -0.3 is 10.6 Å². The van der Waals surface area contributed by atoms with Crippen LogP contribution < -0.4 is 10.6 Å². The number of hydrogen-bond acceptors (Lipinski definition) is 7. The van der Waals surface area contributed by atoms with E-state index in [9.17, 15) is 4.79 Å². The molecule has 1 amide bonds. The third kappa shape index (κ3) is 4.54. The van der Waals surface area contributed by atoms with Crippen molar-refractivity contribution in [3.8, 4) is 28.5 Å². The molecule has 0 atom stereocenters. The number of nitrogens with zero attached hydrogens (tertiary/aromatic N) is 6. The van der Waals surface area contributed by atoms with E-state index >= 15 is 0 Å². The fourth-order valence-corrected chi connectivity index (χ4v) is 6.50. The molecule has 2 N–H and O–H groups in total. The number of aromatic nitrogens is 3. The summed E-state index contributed by atoms with van der Waals surface area (Å²) in [5.74, 6) is 0.589. The van der Waals surface area contributed by atoms with Crippen molar-refractivity contribution >= 4 is 22.6 Å². The Bertz CT molecular complexity index is 1870. The number of primary amides is 1. The van der Waals surface area contributed by atoms with Gasteiger partial charge >= 0.3 is 0 Å². The summed E-state index contributed by atoms with van der Waals surface area (Å²) in [5, 5.41) is 10.1. The molecule has 2 aromatic heterocycles. The molecule has 42 heavy (non-hydrogen) atoms. The third-order valence-electron chi connectivity index (χ3n) is 8.46. The molecule has 0 saturated carbocycles. The van der Waals surface area contributed by atoms with Gasteiger partial charge in [-0.2, -0.15) is 5.26 Å². The van der Waals surface area contributed by atoms with E-state index in [1.54, 1.807) is 18.3 Å². The number of amides is 1. The van der Waals surface area contributed by atoms with Gasteiger partial charge in [-0.25, -0.2) is 15.0 Å². The van der Waals surface area contributed by atoms with Crippen LogP contribution in [-0.4, -0.2) is 51.9 Å². The van der Waals surface area contributed by atoms with Crippen molar-refractivity contribution in [3.63, 3.8) is 0 Å². The average molecular weight is 552 g/mol. The molecule has 4 heterocycles. The molecule has 2 fully saturated rings. The predicted octanol–water partition coefficient (Wildman–Crippen LogP) is 4.96. The lowest BCUT2D eigenvalue weighted by Crippen LogP contribution is -2.72. The van der Waals surface area contributed by atoms with Gasteiger partial charge in [0.1, 0.15) is 11.9 Å². The zero-order valence-corrected chi connectivity index (χ0v) is 23.3. The fraction of sp³-hybridized carbons (Fsp3) is 0.206. The minimum atomic E-state index is -0.459. The predicted molar refractivity (Wildman–Crippen MR) is 163 cm³/mol. The van der Waals surface area contributed by atoms with Crippen molar-refractivity contribution in [1.29, 1.82) is 5.26 Å². The Morgan fingerprint density at radius 1 is 0.952 bits per heavy atom. The van der Waals surface area contributed by atoms with E-state index < -0.39 is 5.91 Å². The summed E-state index contributed by atoms with van der Waals surface area (Å²) in [6.07, 6.45) is 1.65. The first-order chi connectivity index (χ1) is 20.4. The highest BCUT2D eigenvalue weighted by atomic mass is 16.1. The van der Waals surface area contributed by atoms with Gasteiger partial charge in [-0.3, -0.25) is 9.69 Å². The van der Waals surface area contributed by atoms with E-state index in [2.05, 4.69) is 63.1 Å². The lowest BCUT2D eigenvalue weighted by Gasteiger charge is -2.60. The minimum Gasteiger partial charge on any atom is -0.366 e. The Morgan fingerprint density at radius 2 is 1.71 bits per heavy atom. The second-order valence-electron chi connectivity index (χ2n) is 11.5. The van der Waals surface area contributed by atoms with Crippen LogP contribution in [0.15, 0.2) is 85.1 Å². The minimum absolute atomic E-state index is 0.215. The van der Waals surface area contributed by atoms with E-state index in [0.717, 1.165) is 77.4 Å². The van der Waals surface area contributed by atoms with E-state index in [1.165, 1.54) is 5.56 Å². The maximum Gasteiger partial charge on any atom is 0.248 e. The summed E-state index contributed by atoms with van der Waals surface area (Å²) in [6.45, 7) is 7.02. The summed E-state index contributed by atoms with van der Waals surface area (Å²) in [7, 11) is 0. The molecule has 206 valence electrons. The van der Waals surface area contributed by atoms with Gasteiger partial charge in [-0.05, 0) is 41.8 Å². The van der Waals surface area contributed by atoms with E-state index in [1.807, 2.05) is 36.4 Å². The Kier molecular flexibility index (Phi) is 6.18. The molecule has 2 aliphatic heterocycles. The van der Waals surface area contributed by atoms with Crippen LogP contribution in [0.4, 0.5) is 5.82 Å². The molecule has 8 heteroatoms. The van der Waals surface area contributed by atoms with Crippen molar-refractivity contribution in [1.82, 2.24) is 19.9 Å². The number of likely N-dealkylation sites (tertiary alicyclic amines) is 1. The summed E-state index contributed by atoms with van der Waals surface area (Å²) < 4.78 is 0. The largest absolute Gasteiger partial charge is 0.366 e. The number of anilines is 1. The van der Waals surface area contributed by atoms with Gasteiger partial charge in [-0.15, -0.1) is 0 Å². The molecule has 5 aromatic rings. The average Bonchev–Trinajstić information content (AvgIpc) is 2.98. The molecule has 2 aliphatic rings. The zero-order valence-electron chi connectivity index (χ0n) is 23.3. The third-order valence-corrected chi connectivity index (χ3v) is 8.46. The Balaban J connectivity index is 1.10. The smallest absolute Gasteiger partial charge is 0.248 e. The molecule has 0 unspecified atom stereocenters. The summed E-state index contributed by atoms with van der Waals surface area (Å²) in [6, 6.07) is 28.4. The number of benzene rings is 3. The van der Waals surface area contributed by atoms with E-state index in [0.29, 0.717) is 11.0 Å². The monoisotopic (exact) mass is 551 g/mol. The van der Waals surface area contributed by atoms with Crippen LogP contribution in [0, 0.1) is 23.7 Å². The number of nitrogens with two attached hydrogens (primary N) is 1. The maximum atomic E-state index is 11.9. The van der Waals surface area contributed by atoms with Crippen molar-refractivity contribution in [2.75, 3.05) is 31.1 Å². The Morgan fingerprint density at radius 3 is 2.43 bits per heavy atom. The molecular formula is C34H29N7O. The second-order valence-corrected chi connectivity index (χ2v) is 11.5. The highest BCUT2D eigenvalue weighted by Crippen LogP contribution is 2.42. The van der Waals surface area contributed by atoms with Gasteiger partial charge in [0.15, 0.2) is 0 Å². The first-order valence-corrected chi connectivity index (χ1v) is 14.0. The van der Waals surface area contributed by atoms with Gasteiger partial charge in [0.05, 0.1) is 11.2 Å². The van der Waals surface area contributed by atoms with Crippen LogP contribution in [-0.2, 0) is 6.54 Å². The lowest BCUT2D eigenvalue weighted by atomic mass is 9.72. The number of aryl methyl sites for hydroxylation is 1. The number of carbonyl (C=O) groups is 1. The van der Waals surface area contributed by atoms with Gasteiger partial charge in [-0.1, -0.05) is 60.7 Å². The quantitative estimate of drug-likeness (QED) is 0.317. The molecule has 8 nitrogen and oxygen atoms in total. The Labute approximate surface area is 244 Å². The zero-order chi connectivity index (χ0) is 28.8. The van der Waals surface area contributed by atoms with Crippen LogP contribution >= 0.6 is 0 Å². The molecule has 2 saturated heterocycles. The molecule has 7 rings (SSSR count). The molecule has 0 radical (unpaired) electrons. The number of hydrogen-bond donors (Lipinski definition) is 1. The summed E-state index contributed by atoms with van der Waals surface area (Å²) in [4.78, 5) is 30.0. The number of rotatable bonds is 6. The Hall–Kier alpha value is -5.13. The van der Waals surface area contributed by atoms with Gasteiger partial charge in [0.25, 0.3) is 0 Å². The normalized spacial score (nSPS) is 15.7. The van der Waals surface area contributed by atoms with Crippen LogP contribution in [0.1, 0.15) is 27.3 Å². The topological polar surface area (TPSA) is 112 Å². The maximum absolute atomic E-state index is 11.9. The van der Waals surface area contributed by atoms with Crippen LogP contribution in [0.5, 0.6) is 0 Å². The molecule has 0 aliphatic carbocycles. The fourth-order valence-electron chi connectivity index (χ4n) is 6.50. The van der Waals surface area contributed by atoms with Crippen LogP contribution in [0.25, 0.3) is 33.3 Å². The van der Waals surface area contributed by atoms with Crippen molar-refractivity contribution in [2.45, 2.75) is 13.5 Å². The number of fused-ring (bicyclic) bond motifs is 1. The lowest BCUT2D eigenvalue weighted by molar-refractivity contribution is -0.0276. The highest BCUT2D eigenvalue weighted by Gasteiger charge is 2.51. The standard InChI is InChI=1S/C34H29N7O/c1-22-27-12-11-26(33(36)42)15-28(27)38-32(31(22)24-5-3-2-4-6-24)25-9-7-23(8-10-25)17-40-18-34(19-40)20-41(21-34)30-13-14-37-29(16-35)39-30/h2-15H,17-21H2,1H3,(H2,36,42). The van der Waals surface area contributed by atoms with Crippen LogP contribution in [0.3, 0.4) is 0 Å². The molecule has 3 aromatic carbocycles. The van der Waals surface area contributed by atoms with Gasteiger partial charge in [0, 0.05) is 66.4 Å². The molecule has 1 spiro atoms. The number of pyridine rings is 1. The van der Waals surface area contributed by atoms with E-state index in [4.69, 9.17) is 16.0 Å². The van der Waals surface area contributed by atoms with Crippen LogP contribution in [0.2, 0.25) is 0 Å². The number of nitriles is 1. The van der Waals surface area contributed by atoms with Gasteiger partial charge in [0.2, 0.25) is 11.7 Å².